The highest BCUT2D eigenvalue weighted by Gasteiger charge is 2.24. The van der Waals surface area contributed by atoms with E-state index in [0.717, 1.165) is 18.4 Å². The molecule has 1 fully saturated rings. The summed E-state index contributed by atoms with van der Waals surface area (Å²) >= 11 is 0. The van der Waals surface area contributed by atoms with Gasteiger partial charge in [0.25, 0.3) is 0 Å². The molecule has 1 atom stereocenters. The predicted molar refractivity (Wildman–Crippen MR) is 72.5 cm³/mol. The van der Waals surface area contributed by atoms with Crippen molar-refractivity contribution in [3.8, 4) is 5.75 Å². The maximum Gasteiger partial charge on any atom is 0.326 e. The zero-order chi connectivity index (χ0) is 14.5. The topological polar surface area (TPSA) is 98.7 Å². The fourth-order valence-corrected chi connectivity index (χ4v) is 1.84. The predicted octanol–water partition coefficient (Wildman–Crippen LogP) is 1.10. The lowest BCUT2D eigenvalue weighted by molar-refractivity contribution is -0.139. The van der Waals surface area contributed by atoms with Crippen molar-refractivity contribution in [2.45, 2.75) is 25.3 Å². The Morgan fingerprint density at radius 3 is 2.45 bits per heavy atom. The quantitative estimate of drug-likeness (QED) is 0.626. The molecular weight excluding hydrogens is 260 g/mol. The van der Waals surface area contributed by atoms with Crippen LogP contribution in [0.2, 0.25) is 0 Å². The van der Waals surface area contributed by atoms with E-state index < -0.39 is 18.0 Å². The molecule has 20 heavy (non-hydrogen) atoms. The van der Waals surface area contributed by atoms with Gasteiger partial charge in [-0.05, 0) is 36.5 Å². The molecule has 1 aromatic rings. The Kier molecular flexibility index (Phi) is 4.45. The number of phenols is 1. The van der Waals surface area contributed by atoms with Gasteiger partial charge in [0.1, 0.15) is 11.8 Å². The molecule has 1 aliphatic carbocycles. The summed E-state index contributed by atoms with van der Waals surface area (Å²) in [6, 6.07) is 4.80. The van der Waals surface area contributed by atoms with Crippen LogP contribution >= 0.6 is 0 Å². The van der Waals surface area contributed by atoms with E-state index in [1.54, 1.807) is 12.1 Å². The number of carbonyl (C=O) groups excluding carboxylic acids is 1. The Labute approximate surface area is 116 Å². The summed E-state index contributed by atoms with van der Waals surface area (Å²) in [7, 11) is 0. The molecule has 0 unspecified atom stereocenters. The van der Waals surface area contributed by atoms with Gasteiger partial charge < -0.3 is 20.8 Å². The number of phenolic OH excluding ortho intramolecular Hbond substituents is 1. The molecule has 4 N–H and O–H groups in total. The summed E-state index contributed by atoms with van der Waals surface area (Å²) in [6.45, 7) is 0.595. The highest BCUT2D eigenvalue weighted by atomic mass is 16.4. The Hall–Kier alpha value is -2.24. The Morgan fingerprint density at radius 1 is 1.25 bits per heavy atom. The summed E-state index contributed by atoms with van der Waals surface area (Å²) < 4.78 is 0. The van der Waals surface area contributed by atoms with Gasteiger partial charge in [0.05, 0.1) is 0 Å². The number of urea groups is 1. The van der Waals surface area contributed by atoms with Gasteiger partial charge in [-0.1, -0.05) is 12.1 Å². The fourth-order valence-electron chi connectivity index (χ4n) is 1.84. The van der Waals surface area contributed by atoms with Crippen LogP contribution in [0.3, 0.4) is 0 Å². The van der Waals surface area contributed by atoms with Crippen LogP contribution < -0.4 is 10.6 Å². The number of nitrogens with one attached hydrogen (secondary N) is 2. The largest absolute Gasteiger partial charge is 0.508 e. The van der Waals surface area contributed by atoms with Gasteiger partial charge >= 0.3 is 12.0 Å². The van der Waals surface area contributed by atoms with Crippen LogP contribution in [0.15, 0.2) is 24.3 Å². The van der Waals surface area contributed by atoms with Crippen molar-refractivity contribution in [3.63, 3.8) is 0 Å². The molecule has 1 aromatic carbocycles. The summed E-state index contributed by atoms with van der Waals surface area (Å²) in [5.74, 6) is -0.420. The monoisotopic (exact) mass is 278 g/mol. The van der Waals surface area contributed by atoms with Crippen LogP contribution in [0, 0.1) is 5.92 Å². The molecule has 0 saturated heterocycles. The summed E-state index contributed by atoms with van der Waals surface area (Å²) in [5.41, 5.74) is 0.734. The number of hydrogen-bond donors (Lipinski definition) is 4. The lowest BCUT2D eigenvalue weighted by Gasteiger charge is -2.15. The van der Waals surface area contributed by atoms with Gasteiger partial charge in [0.15, 0.2) is 0 Å². The zero-order valence-electron chi connectivity index (χ0n) is 11.0. The van der Waals surface area contributed by atoms with Crippen molar-refractivity contribution in [1.29, 1.82) is 0 Å². The number of aromatic hydroxyl groups is 1. The van der Waals surface area contributed by atoms with Gasteiger partial charge in [-0.2, -0.15) is 0 Å². The minimum absolute atomic E-state index is 0.121. The van der Waals surface area contributed by atoms with E-state index in [9.17, 15) is 14.7 Å². The molecule has 0 spiro atoms. The lowest BCUT2D eigenvalue weighted by Crippen LogP contribution is -2.47. The standard InChI is InChI=1S/C14H18N2O4/c17-11-5-3-9(4-6-11)7-12(13(18)19)16-14(20)15-8-10-1-2-10/h3-6,10,12,17H,1-2,7-8H2,(H,18,19)(H2,15,16,20)/t12-/m1/s1. The average molecular weight is 278 g/mol. The molecule has 6 nitrogen and oxygen atoms in total. The van der Waals surface area contributed by atoms with E-state index in [1.807, 2.05) is 0 Å². The third-order valence-corrected chi connectivity index (χ3v) is 3.23. The highest BCUT2D eigenvalue weighted by Crippen LogP contribution is 2.27. The minimum atomic E-state index is -1.08. The van der Waals surface area contributed by atoms with Crippen LogP contribution in [0.4, 0.5) is 4.79 Å². The minimum Gasteiger partial charge on any atom is -0.508 e. The second-order valence-corrected chi connectivity index (χ2v) is 5.06. The summed E-state index contributed by atoms with van der Waals surface area (Å²) in [5, 5.41) is 23.4. The van der Waals surface area contributed by atoms with Gasteiger partial charge in [0.2, 0.25) is 0 Å². The van der Waals surface area contributed by atoms with Crippen LogP contribution in [-0.2, 0) is 11.2 Å². The van der Waals surface area contributed by atoms with Crippen molar-refractivity contribution in [1.82, 2.24) is 10.6 Å². The number of hydrogen-bond acceptors (Lipinski definition) is 3. The number of carboxylic acids is 1. The molecular formula is C14H18N2O4. The van der Waals surface area contributed by atoms with Crippen molar-refractivity contribution < 1.29 is 19.8 Å². The van der Waals surface area contributed by atoms with Gasteiger partial charge in [-0.25, -0.2) is 9.59 Å². The van der Waals surface area contributed by atoms with E-state index in [0.29, 0.717) is 12.5 Å². The third kappa shape index (κ3) is 4.46. The molecule has 1 aliphatic rings. The number of carboxylic acid groups (broad SMARTS) is 1. The van der Waals surface area contributed by atoms with Crippen LogP contribution in [0.1, 0.15) is 18.4 Å². The second kappa shape index (κ2) is 6.27. The second-order valence-electron chi connectivity index (χ2n) is 5.06. The van der Waals surface area contributed by atoms with E-state index >= 15 is 0 Å². The number of aliphatic carboxylic acids is 1. The molecule has 0 heterocycles. The smallest absolute Gasteiger partial charge is 0.326 e. The van der Waals surface area contributed by atoms with E-state index in [-0.39, 0.29) is 12.2 Å². The van der Waals surface area contributed by atoms with Crippen molar-refractivity contribution in [3.05, 3.63) is 29.8 Å². The van der Waals surface area contributed by atoms with E-state index in [2.05, 4.69) is 10.6 Å². The maximum atomic E-state index is 11.6. The fraction of sp³-hybridized carbons (Fsp3) is 0.429. The Morgan fingerprint density at radius 2 is 1.90 bits per heavy atom. The number of carbonyl (C=O) groups is 2. The molecule has 1 saturated carbocycles. The maximum absolute atomic E-state index is 11.6. The molecule has 2 amide bonds. The molecule has 0 bridgehead atoms. The number of amides is 2. The first-order valence-corrected chi connectivity index (χ1v) is 6.59. The van der Waals surface area contributed by atoms with E-state index in [1.165, 1.54) is 12.1 Å². The summed E-state index contributed by atoms with van der Waals surface area (Å²) in [4.78, 5) is 22.8. The highest BCUT2D eigenvalue weighted by molar-refractivity contribution is 5.82. The first-order valence-electron chi connectivity index (χ1n) is 6.59. The van der Waals surface area contributed by atoms with Crippen molar-refractivity contribution >= 4 is 12.0 Å². The SMILES string of the molecule is O=C(NCC1CC1)N[C@H](Cc1ccc(O)cc1)C(=O)O. The first-order chi connectivity index (χ1) is 9.54. The van der Waals surface area contributed by atoms with Crippen LogP contribution in [0.5, 0.6) is 5.75 Å². The zero-order valence-corrected chi connectivity index (χ0v) is 11.0. The van der Waals surface area contributed by atoms with Crippen molar-refractivity contribution in [2.24, 2.45) is 5.92 Å². The van der Waals surface area contributed by atoms with Crippen molar-refractivity contribution in [2.75, 3.05) is 6.54 Å². The lowest BCUT2D eigenvalue weighted by atomic mass is 10.1. The van der Waals surface area contributed by atoms with Crippen LogP contribution in [0.25, 0.3) is 0 Å². The normalized spacial score (nSPS) is 15.4. The summed E-state index contributed by atoms with van der Waals surface area (Å²) in [6.07, 6.45) is 2.42. The average Bonchev–Trinajstić information content (AvgIpc) is 3.22. The number of benzene rings is 1. The van der Waals surface area contributed by atoms with E-state index in [4.69, 9.17) is 5.11 Å². The van der Waals surface area contributed by atoms with Gasteiger partial charge in [-0.15, -0.1) is 0 Å². The molecule has 2 rings (SSSR count). The number of rotatable bonds is 6. The molecule has 0 radical (unpaired) electrons. The van der Waals surface area contributed by atoms with Gasteiger partial charge in [-0.3, -0.25) is 0 Å². The Balaban J connectivity index is 1.87. The van der Waals surface area contributed by atoms with Crippen LogP contribution in [-0.4, -0.2) is 34.8 Å². The molecule has 108 valence electrons. The third-order valence-electron chi connectivity index (χ3n) is 3.23. The van der Waals surface area contributed by atoms with Gasteiger partial charge in [0, 0.05) is 13.0 Å². The first kappa shape index (κ1) is 14.2. The molecule has 0 aromatic heterocycles. The molecule has 6 heteroatoms. The molecule has 0 aliphatic heterocycles. The Bertz CT molecular complexity index is 482.